The van der Waals surface area contributed by atoms with Gasteiger partial charge in [0.25, 0.3) is 5.91 Å². The zero-order valence-corrected chi connectivity index (χ0v) is 14.0. The Morgan fingerprint density at radius 2 is 2.08 bits per heavy atom. The molecular weight excluding hydrogens is 347 g/mol. The number of nitrogens with one attached hydrogen (secondary N) is 1. The van der Waals surface area contributed by atoms with Gasteiger partial charge in [-0.3, -0.25) is 4.79 Å². The second-order valence-electron chi connectivity index (χ2n) is 6.46. The Balaban J connectivity index is 1.74. The molecule has 26 heavy (non-hydrogen) atoms. The summed E-state index contributed by atoms with van der Waals surface area (Å²) in [6, 6.07) is 4.68. The molecule has 1 amide bonds. The Labute approximate surface area is 148 Å². The van der Waals surface area contributed by atoms with E-state index in [1.807, 2.05) is 0 Å². The maximum Gasteiger partial charge on any atom is 0.416 e. The Hall–Kier alpha value is -2.42. The Morgan fingerprint density at radius 1 is 1.31 bits per heavy atom. The first-order chi connectivity index (χ1) is 12.4. The number of hydrogen-bond donors (Lipinski definition) is 2. The molecule has 1 aliphatic carbocycles. The van der Waals surface area contributed by atoms with Crippen molar-refractivity contribution in [3.63, 3.8) is 0 Å². The number of hydrogen-bond acceptors (Lipinski definition) is 4. The summed E-state index contributed by atoms with van der Waals surface area (Å²) in [4.78, 5) is 12.4. The molecule has 0 aliphatic heterocycles. The van der Waals surface area contributed by atoms with E-state index < -0.39 is 17.6 Å². The van der Waals surface area contributed by atoms with Gasteiger partial charge in [-0.15, -0.1) is 5.10 Å². The van der Waals surface area contributed by atoms with Crippen LogP contribution < -0.4 is 11.1 Å². The van der Waals surface area contributed by atoms with Crippen LogP contribution in [0, 0.1) is 5.92 Å². The van der Waals surface area contributed by atoms with Gasteiger partial charge in [0.2, 0.25) is 0 Å². The molecule has 1 aromatic heterocycles. The normalized spacial score (nSPS) is 20.8. The zero-order chi connectivity index (χ0) is 18.7. The van der Waals surface area contributed by atoms with E-state index in [1.165, 1.54) is 18.3 Å². The molecule has 1 saturated carbocycles. The third kappa shape index (κ3) is 4.04. The van der Waals surface area contributed by atoms with Crippen molar-refractivity contribution in [3.8, 4) is 5.69 Å². The van der Waals surface area contributed by atoms with E-state index in [-0.39, 0.29) is 23.3 Å². The highest BCUT2D eigenvalue weighted by Gasteiger charge is 2.31. The number of carbonyl (C=O) groups is 1. The van der Waals surface area contributed by atoms with Crippen LogP contribution in [-0.2, 0) is 6.18 Å². The second-order valence-corrected chi connectivity index (χ2v) is 6.46. The van der Waals surface area contributed by atoms with Gasteiger partial charge in [0.15, 0.2) is 5.69 Å². The summed E-state index contributed by atoms with van der Waals surface area (Å²) >= 11 is 0. The smallest absolute Gasteiger partial charge is 0.348 e. The van der Waals surface area contributed by atoms with E-state index in [1.54, 1.807) is 0 Å². The van der Waals surface area contributed by atoms with Crippen molar-refractivity contribution < 1.29 is 18.0 Å². The molecule has 3 N–H and O–H groups in total. The Bertz CT molecular complexity index is 774. The van der Waals surface area contributed by atoms with Crippen LogP contribution in [0.25, 0.3) is 5.69 Å². The van der Waals surface area contributed by atoms with Gasteiger partial charge < -0.3 is 11.1 Å². The molecule has 0 spiro atoms. The predicted octanol–water partition coefficient (Wildman–Crippen LogP) is 2.53. The molecule has 0 bridgehead atoms. The number of rotatable bonds is 4. The van der Waals surface area contributed by atoms with Crippen molar-refractivity contribution in [2.75, 3.05) is 6.54 Å². The highest BCUT2D eigenvalue weighted by molar-refractivity contribution is 5.92. The van der Waals surface area contributed by atoms with Crippen molar-refractivity contribution in [2.24, 2.45) is 11.7 Å². The molecule has 2 atom stereocenters. The van der Waals surface area contributed by atoms with E-state index in [4.69, 9.17) is 5.73 Å². The minimum atomic E-state index is -4.45. The number of halogens is 3. The SMILES string of the molecule is NC[C@H]1CCCC[C@@H]1NC(=O)c1cn(-c2cccc(C(F)(F)F)c2)nn1. The summed E-state index contributed by atoms with van der Waals surface area (Å²) in [5.74, 6) is -0.167. The van der Waals surface area contributed by atoms with Crippen LogP contribution in [0.5, 0.6) is 0 Å². The molecule has 0 unspecified atom stereocenters. The predicted molar refractivity (Wildman–Crippen MR) is 88.6 cm³/mol. The van der Waals surface area contributed by atoms with E-state index in [2.05, 4.69) is 15.6 Å². The molecule has 1 aromatic carbocycles. The van der Waals surface area contributed by atoms with Crippen LogP contribution in [0.4, 0.5) is 13.2 Å². The fourth-order valence-electron chi connectivity index (χ4n) is 3.24. The number of nitrogens with zero attached hydrogens (tertiary/aromatic N) is 3. The standard InChI is InChI=1S/C17H20F3N5O/c18-17(19,20)12-5-3-6-13(8-12)25-10-15(23-24-25)16(26)22-14-7-2-1-4-11(14)9-21/h3,5-6,8,10-11,14H,1-2,4,7,9,21H2,(H,22,26)/t11-,14+/m1/s1. The maximum atomic E-state index is 12.8. The molecule has 2 aromatic rings. The van der Waals surface area contributed by atoms with Crippen LogP contribution in [-0.4, -0.2) is 33.5 Å². The highest BCUT2D eigenvalue weighted by atomic mass is 19.4. The maximum absolute atomic E-state index is 12.8. The summed E-state index contributed by atoms with van der Waals surface area (Å²) in [7, 11) is 0. The lowest BCUT2D eigenvalue weighted by atomic mass is 9.84. The topological polar surface area (TPSA) is 85.8 Å². The van der Waals surface area contributed by atoms with Gasteiger partial charge in [-0.25, -0.2) is 4.68 Å². The quantitative estimate of drug-likeness (QED) is 0.870. The molecule has 3 rings (SSSR count). The fourth-order valence-corrected chi connectivity index (χ4v) is 3.24. The minimum absolute atomic E-state index is 0.0139. The first-order valence-electron chi connectivity index (χ1n) is 8.49. The van der Waals surface area contributed by atoms with Crippen molar-refractivity contribution in [3.05, 3.63) is 41.7 Å². The van der Waals surface area contributed by atoms with E-state index in [0.717, 1.165) is 42.5 Å². The molecule has 140 valence electrons. The van der Waals surface area contributed by atoms with Crippen LogP contribution >= 0.6 is 0 Å². The molecule has 0 saturated heterocycles. The number of amides is 1. The first-order valence-corrected chi connectivity index (χ1v) is 8.49. The van der Waals surface area contributed by atoms with Crippen LogP contribution in [0.1, 0.15) is 41.7 Å². The number of benzene rings is 1. The van der Waals surface area contributed by atoms with Crippen molar-refractivity contribution in [1.29, 1.82) is 0 Å². The largest absolute Gasteiger partial charge is 0.416 e. The van der Waals surface area contributed by atoms with Gasteiger partial charge in [0.1, 0.15) is 0 Å². The van der Waals surface area contributed by atoms with Crippen LogP contribution in [0.15, 0.2) is 30.5 Å². The summed E-state index contributed by atoms with van der Waals surface area (Å²) in [5.41, 5.74) is 5.22. The molecule has 6 nitrogen and oxygen atoms in total. The Kier molecular flexibility index (Phi) is 5.26. The lowest BCUT2D eigenvalue weighted by Gasteiger charge is -2.30. The summed E-state index contributed by atoms with van der Waals surface area (Å²) in [5, 5.41) is 10.5. The summed E-state index contributed by atoms with van der Waals surface area (Å²) in [6.45, 7) is 0.502. The van der Waals surface area contributed by atoms with Gasteiger partial charge in [-0.1, -0.05) is 24.1 Å². The number of carbonyl (C=O) groups excluding carboxylic acids is 1. The average Bonchev–Trinajstić information content (AvgIpc) is 3.12. The van der Waals surface area contributed by atoms with Gasteiger partial charge >= 0.3 is 6.18 Å². The molecule has 1 aliphatic rings. The van der Waals surface area contributed by atoms with E-state index in [9.17, 15) is 18.0 Å². The zero-order valence-electron chi connectivity index (χ0n) is 14.0. The lowest BCUT2D eigenvalue weighted by molar-refractivity contribution is -0.137. The third-order valence-corrected chi connectivity index (χ3v) is 4.69. The molecular formula is C17H20F3N5O. The van der Waals surface area contributed by atoms with Gasteiger partial charge in [-0.05, 0) is 43.5 Å². The number of alkyl halides is 3. The molecule has 9 heteroatoms. The van der Waals surface area contributed by atoms with Gasteiger partial charge in [0, 0.05) is 6.04 Å². The second kappa shape index (κ2) is 7.45. The van der Waals surface area contributed by atoms with Crippen molar-refractivity contribution in [1.82, 2.24) is 20.3 Å². The van der Waals surface area contributed by atoms with Crippen molar-refractivity contribution >= 4 is 5.91 Å². The minimum Gasteiger partial charge on any atom is -0.348 e. The summed E-state index contributed by atoms with van der Waals surface area (Å²) in [6.07, 6.45) is 0.826. The molecule has 1 fully saturated rings. The Morgan fingerprint density at radius 3 is 2.81 bits per heavy atom. The average molecular weight is 367 g/mol. The third-order valence-electron chi connectivity index (χ3n) is 4.69. The van der Waals surface area contributed by atoms with Crippen LogP contribution in [0.3, 0.4) is 0 Å². The monoisotopic (exact) mass is 367 g/mol. The fraction of sp³-hybridized carbons (Fsp3) is 0.471. The lowest BCUT2D eigenvalue weighted by Crippen LogP contribution is -2.44. The molecule has 1 heterocycles. The highest BCUT2D eigenvalue weighted by Crippen LogP contribution is 2.30. The number of aromatic nitrogens is 3. The van der Waals surface area contributed by atoms with Gasteiger partial charge in [0.05, 0.1) is 17.4 Å². The summed E-state index contributed by atoms with van der Waals surface area (Å²) < 4.78 is 39.6. The van der Waals surface area contributed by atoms with E-state index in [0.29, 0.717) is 6.54 Å². The molecule has 0 radical (unpaired) electrons. The van der Waals surface area contributed by atoms with Crippen LogP contribution in [0.2, 0.25) is 0 Å². The number of nitrogens with two attached hydrogens (primary N) is 1. The van der Waals surface area contributed by atoms with Crippen molar-refractivity contribution in [2.45, 2.75) is 37.9 Å². The van der Waals surface area contributed by atoms with E-state index >= 15 is 0 Å². The first kappa shape index (κ1) is 18.4. The van der Waals surface area contributed by atoms with Gasteiger partial charge in [-0.2, -0.15) is 13.2 Å².